The molecule has 0 bridgehead atoms. The molecule has 2 saturated carbocycles. The predicted molar refractivity (Wildman–Crippen MR) is 100 cm³/mol. The number of hydrogen-bond donors (Lipinski definition) is 2. The Bertz CT molecular complexity index is 867. The van der Waals surface area contributed by atoms with Crippen LogP contribution in [0.4, 0.5) is 0 Å². The SMILES string of the molecule is CC(=O)NS(=O)(=O)O[C@H]1CCC2C3CCc4cc(O)ccc4C3CC[C@@]21C. The number of phenolic OH excluding ortho intramolecular Hbond substituents is 1. The molecule has 6 nitrogen and oxygen atoms in total. The maximum Gasteiger partial charge on any atom is 0.362 e. The Kier molecular flexibility index (Phi) is 4.50. The largest absolute Gasteiger partial charge is 0.508 e. The van der Waals surface area contributed by atoms with Gasteiger partial charge >= 0.3 is 10.3 Å². The molecule has 3 aliphatic carbocycles. The minimum atomic E-state index is -4.06. The van der Waals surface area contributed by atoms with Gasteiger partial charge in [-0.2, -0.15) is 8.42 Å². The minimum absolute atomic E-state index is 0.193. The van der Waals surface area contributed by atoms with E-state index in [2.05, 4.69) is 13.0 Å². The third-order valence-electron chi connectivity index (χ3n) is 7.13. The smallest absolute Gasteiger partial charge is 0.362 e. The van der Waals surface area contributed by atoms with E-state index in [0.29, 0.717) is 29.9 Å². The Labute approximate surface area is 160 Å². The van der Waals surface area contributed by atoms with Crippen molar-refractivity contribution in [3.63, 3.8) is 0 Å². The van der Waals surface area contributed by atoms with E-state index in [9.17, 15) is 18.3 Å². The number of phenols is 1. The number of rotatable bonds is 3. The van der Waals surface area contributed by atoms with Crippen molar-refractivity contribution < 1.29 is 22.5 Å². The van der Waals surface area contributed by atoms with E-state index in [-0.39, 0.29) is 11.5 Å². The van der Waals surface area contributed by atoms with Crippen molar-refractivity contribution in [3.05, 3.63) is 29.3 Å². The van der Waals surface area contributed by atoms with Gasteiger partial charge in [0.15, 0.2) is 0 Å². The normalized spacial score (nSPS) is 35.0. The number of aromatic hydroxyl groups is 1. The van der Waals surface area contributed by atoms with Gasteiger partial charge in [0.05, 0.1) is 6.10 Å². The van der Waals surface area contributed by atoms with E-state index in [1.807, 2.05) is 10.8 Å². The molecule has 3 aliphatic rings. The molecule has 1 aromatic rings. The summed E-state index contributed by atoms with van der Waals surface area (Å²) in [5.41, 5.74) is 2.40. The molecular formula is C20H27NO5S. The Morgan fingerprint density at radius 2 is 2.04 bits per heavy atom. The van der Waals surface area contributed by atoms with Crippen LogP contribution in [0.3, 0.4) is 0 Å². The molecule has 27 heavy (non-hydrogen) atoms. The number of aryl methyl sites for hydroxylation is 1. The molecule has 4 rings (SSSR count). The van der Waals surface area contributed by atoms with E-state index in [0.717, 1.165) is 32.1 Å². The fourth-order valence-electron chi connectivity index (χ4n) is 6.03. The van der Waals surface area contributed by atoms with Crippen molar-refractivity contribution >= 4 is 16.2 Å². The van der Waals surface area contributed by atoms with Crippen LogP contribution in [0.2, 0.25) is 0 Å². The fourth-order valence-corrected chi connectivity index (χ4v) is 7.05. The lowest BCUT2D eigenvalue weighted by molar-refractivity contribution is -0.117. The molecule has 0 spiro atoms. The number of hydrogen-bond acceptors (Lipinski definition) is 5. The molecule has 1 amide bonds. The highest BCUT2D eigenvalue weighted by atomic mass is 32.2. The highest BCUT2D eigenvalue weighted by Gasteiger charge is 2.56. The van der Waals surface area contributed by atoms with Crippen LogP contribution in [0.25, 0.3) is 0 Å². The van der Waals surface area contributed by atoms with Gasteiger partial charge < -0.3 is 5.11 Å². The summed E-state index contributed by atoms with van der Waals surface area (Å²) >= 11 is 0. The molecule has 1 aromatic carbocycles. The van der Waals surface area contributed by atoms with Gasteiger partial charge in [-0.05, 0) is 85.0 Å². The summed E-state index contributed by atoms with van der Waals surface area (Å²) in [7, 11) is -4.06. The first kappa shape index (κ1) is 18.7. The van der Waals surface area contributed by atoms with Gasteiger partial charge in [0, 0.05) is 6.92 Å². The second kappa shape index (κ2) is 6.48. The molecule has 5 atom stereocenters. The highest BCUT2D eigenvalue weighted by molar-refractivity contribution is 7.85. The Morgan fingerprint density at radius 1 is 1.26 bits per heavy atom. The lowest BCUT2D eigenvalue weighted by Gasteiger charge is -2.50. The number of carbonyl (C=O) groups excluding carboxylic acids is 1. The number of benzene rings is 1. The minimum Gasteiger partial charge on any atom is -0.508 e. The van der Waals surface area contributed by atoms with E-state index < -0.39 is 16.2 Å². The number of carbonyl (C=O) groups is 1. The van der Waals surface area contributed by atoms with E-state index in [1.54, 1.807) is 6.07 Å². The van der Waals surface area contributed by atoms with E-state index in [1.165, 1.54) is 18.1 Å². The van der Waals surface area contributed by atoms with Gasteiger partial charge in [-0.3, -0.25) is 4.79 Å². The van der Waals surface area contributed by atoms with Gasteiger partial charge in [-0.25, -0.2) is 8.91 Å². The van der Waals surface area contributed by atoms with E-state index in [4.69, 9.17) is 4.18 Å². The maximum atomic E-state index is 12.1. The Hall–Kier alpha value is -1.60. The quantitative estimate of drug-likeness (QED) is 0.823. The van der Waals surface area contributed by atoms with Crippen LogP contribution < -0.4 is 4.72 Å². The van der Waals surface area contributed by atoms with Crippen LogP contribution in [-0.2, 0) is 25.7 Å². The van der Waals surface area contributed by atoms with Crippen LogP contribution in [0.5, 0.6) is 5.75 Å². The van der Waals surface area contributed by atoms with Crippen molar-refractivity contribution in [2.75, 3.05) is 0 Å². The van der Waals surface area contributed by atoms with Gasteiger partial charge in [-0.1, -0.05) is 13.0 Å². The first-order valence-electron chi connectivity index (χ1n) is 9.73. The summed E-state index contributed by atoms with van der Waals surface area (Å²) in [6.45, 7) is 3.32. The van der Waals surface area contributed by atoms with Crippen molar-refractivity contribution in [1.82, 2.24) is 4.72 Å². The van der Waals surface area contributed by atoms with Crippen molar-refractivity contribution in [3.8, 4) is 5.75 Å². The second-order valence-corrected chi connectivity index (χ2v) is 9.92. The van der Waals surface area contributed by atoms with Crippen LogP contribution in [0, 0.1) is 17.3 Å². The molecule has 3 unspecified atom stereocenters. The molecule has 2 N–H and O–H groups in total. The zero-order valence-electron chi connectivity index (χ0n) is 15.8. The van der Waals surface area contributed by atoms with Gasteiger partial charge in [0.2, 0.25) is 5.91 Å². The molecule has 0 aromatic heterocycles. The average Bonchev–Trinajstić information content (AvgIpc) is 2.89. The summed E-state index contributed by atoms with van der Waals surface area (Å²) < 4.78 is 31.6. The Morgan fingerprint density at radius 3 is 2.78 bits per heavy atom. The van der Waals surface area contributed by atoms with Crippen LogP contribution in [0.1, 0.15) is 63.0 Å². The zero-order chi connectivity index (χ0) is 19.4. The van der Waals surface area contributed by atoms with Gasteiger partial charge in [0.25, 0.3) is 0 Å². The molecule has 0 saturated heterocycles. The fraction of sp³-hybridized carbons (Fsp3) is 0.650. The van der Waals surface area contributed by atoms with E-state index >= 15 is 0 Å². The van der Waals surface area contributed by atoms with Crippen molar-refractivity contribution in [2.24, 2.45) is 17.3 Å². The summed E-state index contributed by atoms with van der Waals surface area (Å²) in [6.07, 6.45) is 5.17. The van der Waals surface area contributed by atoms with Crippen LogP contribution >= 0.6 is 0 Å². The molecular weight excluding hydrogens is 366 g/mol. The topological polar surface area (TPSA) is 92.7 Å². The molecule has 148 valence electrons. The summed E-state index contributed by atoms with van der Waals surface area (Å²) in [4.78, 5) is 11.1. The number of amides is 1. The average molecular weight is 394 g/mol. The maximum absolute atomic E-state index is 12.1. The third kappa shape index (κ3) is 3.25. The Balaban J connectivity index is 1.57. The summed E-state index contributed by atoms with van der Waals surface area (Å²) in [6, 6.07) is 5.73. The van der Waals surface area contributed by atoms with Crippen LogP contribution in [0.15, 0.2) is 18.2 Å². The first-order chi connectivity index (χ1) is 12.7. The molecule has 0 heterocycles. The van der Waals surface area contributed by atoms with Crippen LogP contribution in [-0.4, -0.2) is 25.5 Å². The standard InChI is InChI=1S/C20H27NO5S/c1-12(22)21-27(24,25)26-19-8-7-18-17-5-3-13-11-14(23)4-6-15(13)16(17)9-10-20(18,19)2/h4,6,11,16-19,23H,3,5,7-10H2,1-2H3,(H,21,22)/t16?,17?,18?,19-,20-/m0/s1. The summed E-state index contributed by atoms with van der Waals surface area (Å²) in [5, 5.41) is 9.78. The number of nitrogens with one attached hydrogen (secondary N) is 1. The molecule has 7 heteroatoms. The molecule has 0 aliphatic heterocycles. The lowest BCUT2D eigenvalue weighted by atomic mass is 9.55. The molecule has 2 fully saturated rings. The highest BCUT2D eigenvalue weighted by Crippen LogP contribution is 2.61. The summed E-state index contributed by atoms with van der Waals surface area (Å²) in [5.74, 6) is 1.09. The zero-order valence-corrected chi connectivity index (χ0v) is 16.6. The van der Waals surface area contributed by atoms with Gasteiger partial charge in [0.1, 0.15) is 5.75 Å². The predicted octanol–water partition coefficient (Wildman–Crippen LogP) is 3.01. The van der Waals surface area contributed by atoms with Crippen molar-refractivity contribution in [2.45, 2.75) is 64.4 Å². The van der Waals surface area contributed by atoms with Crippen molar-refractivity contribution in [1.29, 1.82) is 0 Å². The number of fused-ring (bicyclic) bond motifs is 5. The lowest BCUT2D eigenvalue weighted by Crippen LogP contribution is -2.46. The van der Waals surface area contributed by atoms with Gasteiger partial charge in [-0.15, -0.1) is 0 Å². The second-order valence-electron chi connectivity index (χ2n) is 8.62. The monoisotopic (exact) mass is 393 g/mol. The molecule has 0 radical (unpaired) electrons. The first-order valence-corrected chi connectivity index (χ1v) is 11.1. The third-order valence-corrected chi connectivity index (χ3v) is 8.16.